The molecule has 0 aliphatic heterocycles. The number of Topliss-reactive ketones (excluding diaryl/α,β-unsaturated/α-hetero) is 2. The third-order valence-corrected chi connectivity index (χ3v) is 6.24. The fourth-order valence-electron chi connectivity index (χ4n) is 4.05. The van der Waals surface area contributed by atoms with Crippen molar-refractivity contribution in [3.63, 3.8) is 0 Å². The quantitative estimate of drug-likeness (QED) is 0.246. The number of rotatable bonds is 15. The minimum Gasteiger partial charge on any atom is -0.494 e. The Morgan fingerprint density at radius 3 is 2.26 bits per heavy atom. The van der Waals surface area contributed by atoms with Crippen molar-refractivity contribution in [1.82, 2.24) is 0 Å². The third-order valence-electron chi connectivity index (χ3n) is 6.24. The number of nitrogens with two attached hydrogens (primary N) is 1. The Morgan fingerprint density at radius 1 is 1.03 bits per heavy atom. The maximum absolute atomic E-state index is 12.0. The highest BCUT2D eigenvalue weighted by molar-refractivity contribution is 5.84. The molecule has 1 atom stereocenters. The Labute approximate surface area is 212 Å². The summed E-state index contributed by atoms with van der Waals surface area (Å²) in [6.07, 6.45) is 10.4. The van der Waals surface area contributed by atoms with E-state index < -0.39 is 6.04 Å². The summed E-state index contributed by atoms with van der Waals surface area (Å²) in [5, 5.41) is 0. The highest BCUT2D eigenvalue weighted by Crippen LogP contribution is 2.28. The lowest BCUT2D eigenvalue weighted by molar-refractivity contribution is -0.143. The maximum Gasteiger partial charge on any atom is 0.305 e. The normalized spacial score (nSPS) is 14.2. The predicted molar refractivity (Wildman–Crippen MR) is 140 cm³/mol. The largest absolute Gasteiger partial charge is 0.494 e. The first-order valence-corrected chi connectivity index (χ1v) is 13.4. The zero-order chi connectivity index (χ0) is 26.1. The molecule has 1 saturated carbocycles. The summed E-state index contributed by atoms with van der Waals surface area (Å²) in [6, 6.07) is 7.14. The van der Waals surface area contributed by atoms with Gasteiger partial charge in [-0.15, -0.1) is 0 Å². The van der Waals surface area contributed by atoms with Crippen LogP contribution in [0.2, 0.25) is 0 Å². The van der Waals surface area contributed by atoms with Gasteiger partial charge in [-0.25, -0.2) is 0 Å². The van der Waals surface area contributed by atoms with Crippen LogP contribution in [0, 0.1) is 11.8 Å². The first kappa shape index (κ1) is 30.8. The van der Waals surface area contributed by atoms with E-state index >= 15 is 0 Å². The SMILES string of the molecule is CC(=O)CCC1CCCC1.CCOC(=O)CCCOc1ccc(C[C@H](N)C(=O)CCC(C)C)cc1. The number of carbonyl (C=O) groups is 3. The van der Waals surface area contributed by atoms with Crippen LogP contribution in [-0.4, -0.2) is 36.8 Å². The minimum absolute atomic E-state index is 0.119. The number of esters is 1. The fraction of sp³-hybridized carbons (Fsp3) is 0.690. The summed E-state index contributed by atoms with van der Waals surface area (Å²) in [5.41, 5.74) is 7.02. The van der Waals surface area contributed by atoms with Gasteiger partial charge in [0.05, 0.1) is 19.3 Å². The lowest BCUT2D eigenvalue weighted by atomic mass is 9.97. The molecule has 0 spiro atoms. The Hall–Kier alpha value is -2.21. The molecular formula is C29H47NO5. The van der Waals surface area contributed by atoms with Crippen LogP contribution in [0.15, 0.2) is 24.3 Å². The molecular weight excluding hydrogens is 442 g/mol. The standard InChI is InChI=1S/C20H31NO4.C9H16O/c1-4-24-20(23)6-5-13-25-17-10-8-16(9-11-17)14-18(21)19(22)12-7-15(2)3;1-8(10)6-7-9-4-2-3-5-9/h8-11,15,18H,4-7,12-14,21H2,1-3H3;9H,2-7H2,1H3/t18-;/m0./s1. The predicted octanol–water partition coefficient (Wildman–Crippen LogP) is 5.83. The van der Waals surface area contributed by atoms with Gasteiger partial charge < -0.3 is 20.0 Å². The van der Waals surface area contributed by atoms with E-state index in [1.165, 1.54) is 25.7 Å². The molecule has 0 saturated heterocycles. The van der Waals surface area contributed by atoms with E-state index in [0.29, 0.717) is 50.6 Å². The molecule has 198 valence electrons. The molecule has 2 rings (SSSR count). The molecule has 0 unspecified atom stereocenters. The van der Waals surface area contributed by atoms with Gasteiger partial charge >= 0.3 is 5.97 Å². The number of benzene rings is 1. The Balaban J connectivity index is 0.000000507. The average Bonchev–Trinajstić information content (AvgIpc) is 3.34. The first-order chi connectivity index (χ1) is 16.7. The second-order valence-electron chi connectivity index (χ2n) is 10.0. The molecule has 2 N–H and O–H groups in total. The number of carbonyl (C=O) groups excluding carboxylic acids is 3. The van der Waals surface area contributed by atoms with Crippen LogP contribution in [0.4, 0.5) is 0 Å². The van der Waals surface area contributed by atoms with Gasteiger partial charge in [-0.3, -0.25) is 9.59 Å². The number of ether oxygens (including phenoxy) is 2. The zero-order valence-corrected chi connectivity index (χ0v) is 22.4. The van der Waals surface area contributed by atoms with Gasteiger partial charge in [0.15, 0.2) is 0 Å². The van der Waals surface area contributed by atoms with Crippen LogP contribution in [0.25, 0.3) is 0 Å². The van der Waals surface area contributed by atoms with E-state index in [1.807, 2.05) is 24.3 Å². The van der Waals surface area contributed by atoms with Crippen LogP contribution < -0.4 is 10.5 Å². The van der Waals surface area contributed by atoms with Crippen LogP contribution in [0.5, 0.6) is 5.75 Å². The molecule has 1 aliphatic rings. The van der Waals surface area contributed by atoms with E-state index in [-0.39, 0.29) is 11.8 Å². The van der Waals surface area contributed by atoms with Crippen molar-refractivity contribution in [2.75, 3.05) is 13.2 Å². The summed E-state index contributed by atoms with van der Waals surface area (Å²) >= 11 is 0. The van der Waals surface area contributed by atoms with Crippen molar-refractivity contribution in [1.29, 1.82) is 0 Å². The molecule has 35 heavy (non-hydrogen) atoms. The van der Waals surface area contributed by atoms with Crippen LogP contribution in [0.3, 0.4) is 0 Å². The summed E-state index contributed by atoms with van der Waals surface area (Å²) < 4.78 is 10.5. The molecule has 0 heterocycles. The van der Waals surface area contributed by atoms with Crippen LogP contribution in [-0.2, 0) is 25.5 Å². The average molecular weight is 490 g/mol. The maximum atomic E-state index is 12.0. The van der Waals surface area contributed by atoms with Crippen molar-refractivity contribution in [3.8, 4) is 5.75 Å². The molecule has 6 nitrogen and oxygen atoms in total. The lowest BCUT2D eigenvalue weighted by Gasteiger charge is -2.12. The topological polar surface area (TPSA) is 95.7 Å². The van der Waals surface area contributed by atoms with Crippen molar-refractivity contribution in [2.24, 2.45) is 17.6 Å². The first-order valence-electron chi connectivity index (χ1n) is 13.4. The molecule has 0 bridgehead atoms. The third kappa shape index (κ3) is 15.4. The summed E-state index contributed by atoms with van der Waals surface area (Å²) in [4.78, 5) is 33.8. The minimum atomic E-state index is -0.449. The van der Waals surface area contributed by atoms with Crippen LogP contribution >= 0.6 is 0 Å². The summed E-state index contributed by atoms with van der Waals surface area (Å²) in [6.45, 7) is 8.55. The molecule has 6 heteroatoms. The summed E-state index contributed by atoms with van der Waals surface area (Å²) in [5.74, 6) is 2.41. The Kier molecular flexibility index (Phi) is 16.0. The highest BCUT2D eigenvalue weighted by Gasteiger charge is 2.15. The lowest BCUT2D eigenvalue weighted by Crippen LogP contribution is -2.32. The van der Waals surface area contributed by atoms with Gasteiger partial charge in [-0.1, -0.05) is 51.7 Å². The van der Waals surface area contributed by atoms with Crippen molar-refractivity contribution < 1.29 is 23.9 Å². The molecule has 1 aromatic rings. The molecule has 1 aromatic carbocycles. The molecule has 0 radical (unpaired) electrons. The second kappa shape index (κ2) is 18.1. The Morgan fingerprint density at radius 2 is 1.69 bits per heavy atom. The Bertz CT molecular complexity index is 738. The number of hydrogen-bond donors (Lipinski definition) is 1. The van der Waals surface area contributed by atoms with Gasteiger partial charge in [0.2, 0.25) is 0 Å². The number of ketones is 2. The van der Waals surface area contributed by atoms with E-state index in [4.69, 9.17) is 15.2 Å². The van der Waals surface area contributed by atoms with Gasteiger partial charge in [-0.2, -0.15) is 0 Å². The van der Waals surface area contributed by atoms with Crippen LogP contribution in [0.1, 0.15) is 97.5 Å². The number of hydrogen-bond acceptors (Lipinski definition) is 6. The monoisotopic (exact) mass is 489 g/mol. The molecule has 0 amide bonds. The fourth-order valence-corrected chi connectivity index (χ4v) is 4.05. The molecule has 1 fully saturated rings. The van der Waals surface area contributed by atoms with Gasteiger partial charge in [0.25, 0.3) is 0 Å². The highest BCUT2D eigenvalue weighted by atomic mass is 16.5. The van der Waals surface area contributed by atoms with Crippen molar-refractivity contribution in [2.45, 2.75) is 104 Å². The van der Waals surface area contributed by atoms with E-state index in [0.717, 1.165) is 36.5 Å². The van der Waals surface area contributed by atoms with Gasteiger partial charge in [0.1, 0.15) is 17.3 Å². The van der Waals surface area contributed by atoms with Gasteiger partial charge in [-0.05, 0) is 69.1 Å². The summed E-state index contributed by atoms with van der Waals surface area (Å²) in [7, 11) is 0. The molecule has 0 aromatic heterocycles. The zero-order valence-electron chi connectivity index (χ0n) is 22.4. The van der Waals surface area contributed by atoms with E-state index in [2.05, 4.69) is 13.8 Å². The second-order valence-corrected chi connectivity index (χ2v) is 10.0. The van der Waals surface area contributed by atoms with Crippen molar-refractivity contribution in [3.05, 3.63) is 29.8 Å². The molecule has 1 aliphatic carbocycles. The van der Waals surface area contributed by atoms with Crippen molar-refractivity contribution >= 4 is 17.5 Å². The van der Waals surface area contributed by atoms with E-state index in [9.17, 15) is 14.4 Å². The van der Waals surface area contributed by atoms with Gasteiger partial charge in [0, 0.05) is 19.3 Å². The smallest absolute Gasteiger partial charge is 0.305 e. The van der Waals surface area contributed by atoms with E-state index in [1.54, 1.807) is 13.8 Å².